The molecule has 0 saturated heterocycles. The van der Waals surface area contributed by atoms with Gasteiger partial charge in [0.2, 0.25) is 0 Å². The summed E-state index contributed by atoms with van der Waals surface area (Å²) in [6.07, 6.45) is 0.916. The maximum atomic E-state index is 11.7. The summed E-state index contributed by atoms with van der Waals surface area (Å²) >= 11 is 0. The molecule has 0 aromatic heterocycles. The lowest BCUT2D eigenvalue weighted by Crippen LogP contribution is -2.37. The molecule has 3 N–H and O–H groups in total. The molecule has 0 unspecified atom stereocenters. The molecule has 0 saturated carbocycles. The first-order chi connectivity index (χ1) is 8.14. The fourth-order valence-electron chi connectivity index (χ4n) is 1.73. The molecule has 0 amide bonds. The van der Waals surface area contributed by atoms with Crippen LogP contribution in [0.25, 0.3) is 0 Å². The highest BCUT2D eigenvalue weighted by molar-refractivity contribution is 7.91. The van der Waals surface area contributed by atoms with Gasteiger partial charge in [-0.2, -0.15) is 0 Å². The Hall–Kier alpha value is -0.130. The smallest absolute Gasteiger partial charge is 0.150 e. The molecule has 5 heteroatoms. The lowest BCUT2D eigenvalue weighted by molar-refractivity contribution is 0.131. The van der Waals surface area contributed by atoms with Crippen molar-refractivity contribution in [3.05, 3.63) is 0 Å². The summed E-state index contributed by atoms with van der Waals surface area (Å²) in [6, 6.07) is -0.328. The van der Waals surface area contributed by atoms with E-state index in [2.05, 4.69) is 0 Å². The number of sulfone groups is 1. The van der Waals surface area contributed by atoms with Gasteiger partial charge in [0, 0.05) is 6.04 Å². The summed E-state index contributed by atoms with van der Waals surface area (Å²) in [5.74, 6) is 1.03. The Balaban J connectivity index is 4.07. The minimum Gasteiger partial charge on any atom is -0.391 e. The first-order valence-electron chi connectivity index (χ1n) is 6.78. The summed E-state index contributed by atoms with van der Waals surface area (Å²) in [5, 5.41) is 9.82. The molecule has 0 radical (unpaired) electrons. The van der Waals surface area contributed by atoms with Crippen LogP contribution in [0.2, 0.25) is 0 Å². The van der Waals surface area contributed by atoms with Gasteiger partial charge in [0.1, 0.15) is 9.84 Å². The zero-order chi connectivity index (χ0) is 14.3. The van der Waals surface area contributed by atoms with Crippen LogP contribution >= 0.6 is 0 Å². The zero-order valence-corrected chi connectivity index (χ0v) is 12.9. The third-order valence-electron chi connectivity index (χ3n) is 2.97. The van der Waals surface area contributed by atoms with Gasteiger partial charge >= 0.3 is 0 Å². The number of aliphatic hydroxyl groups is 1. The Kier molecular flexibility index (Phi) is 8.06. The summed E-state index contributed by atoms with van der Waals surface area (Å²) in [5.41, 5.74) is 5.82. The van der Waals surface area contributed by atoms with E-state index < -0.39 is 15.9 Å². The van der Waals surface area contributed by atoms with Gasteiger partial charge in [0.05, 0.1) is 17.6 Å². The molecule has 18 heavy (non-hydrogen) atoms. The van der Waals surface area contributed by atoms with Crippen molar-refractivity contribution >= 4 is 9.84 Å². The molecule has 4 nitrogen and oxygen atoms in total. The van der Waals surface area contributed by atoms with Gasteiger partial charge in [0.25, 0.3) is 0 Å². The Morgan fingerprint density at radius 2 is 1.50 bits per heavy atom. The van der Waals surface area contributed by atoms with Gasteiger partial charge in [-0.05, 0) is 31.1 Å². The summed E-state index contributed by atoms with van der Waals surface area (Å²) in [7, 11) is -3.05. The van der Waals surface area contributed by atoms with Crippen LogP contribution in [0.1, 0.15) is 47.0 Å². The van der Waals surface area contributed by atoms with E-state index in [4.69, 9.17) is 5.73 Å². The SMILES string of the molecule is CC(C)CCS(=O)(=O)CC[C@H](O)[C@@H](N)CC(C)C. The monoisotopic (exact) mass is 279 g/mol. The third kappa shape index (κ3) is 8.89. The molecule has 2 atom stereocenters. The Morgan fingerprint density at radius 1 is 1.00 bits per heavy atom. The van der Waals surface area contributed by atoms with Crippen LogP contribution in [0.4, 0.5) is 0 Å². The number of rotatable bonds is 9. The highest BCUT2D eigenvalue weighted by atomic mass is 32.2. The minimum atomic E-state index is -3.05. The molecule has 0 spiro atoms. The van der Waals surface area contributed by atoms with E-state index in [1.165, 1.54) is 0 Å². The highest BCUT2D eigenvalue weighted by Crippen LogP contribution is 2.11. The van der Waals surface area contributed by atoms with E-state index >= 15 is 0 Å². The molecule has 0 aromatic carbocycles. The molecule has 0 fully saturated rings. The second-order valence-corrected chi connectivity index (χ2v) is 8.29. The second-order valence-electron chi connectivity index (χ2n) is 5.98. The van der Waals surface area contributed by atoms with Crippen molar-refractivity contribution in [2.24, 2.45) is 17.6 Å². The van der Waals surface area contributed by atoms with Crippen molar-refractivity contribution in [1.29, 1.82) is 0 Å². The summed E-state index contributed by atoms with van der Waals surface area (Å²) in [4.78, 5) is 0. The maximum absolute atomic E-state index is 11.7. The van der Waals surface area contributed by atoms with Crippen LogP contribution in [-0.4, -0.2) is 37.2 Å². The average Bonchev–Trinajstić information content (AvgIpc) is 2.22. The predicted octanol–water partition coefficient (Wildman–Crippen LogP) is 1.57. The molecule has 0 rings (SSSR count). The Labute approximate surface area is 112 Å². The third-order valence-corrected chi connectivity index (χ3v) is 4.68. The molecule has 0 aromatic rings. The van der Waals surface area contributed by atoms with Crippen molar-refractivity contribution in [1.82, 2.24) is 0 Å². The molecule has 0 aliphatic heterocycles. The topological polar surface area (TPSA) is 80.4 Å². The van der Waals surface area contributed by atoms with Crippen molar-refractivity contribution in [3.8, 4) is 0 Å². The summed E-state index contributed by atoms with van der Waals surface area (Å²) in [6.45, 7) is 8.07. The van der Waals surface area contributed by atoms with Crippen LogP contribution in [0.15, 0.2) is 0 Å². The van der Waals surface area contributed by atoms with Gasteiger partial charge in [-0.15, -0.1) is 0 Å². The predicted molar refractivity (Wildman–Crippen MR) is 76.2 cm³/mol. The van der Waals surface area contributed by atoms with Crippen LogP contribution in [0, 0.1) is 11.8 Å². The number of hydrogen-bond donors (Lipinski definition) is 2. The van der Waals surface area contributed by atoms with Crippen molar-refractivity contribution in [2.45, 2.75) is 59.1 Å². The Bertz CT molecular complexity index is 312. The van der Waals surface area contributed by atoms with Crippen LogP contribution in [0.3, 0.4) is 0 Å². The highest BCUT2D eigenvalue weighted by Gasteiger charge is 2.19. The van der Waals surface area contributed by atoms with Gasteiger partial charge < -0.3 is 10.8 Å². The molecule has 0 bridgehead atoms. The van der Waals surface area contributed by atoms with E-state index in [-0.39, 0.29) is 24.0 Å². The molecular formula is C13H29NO3S. The van der Waals surface area contributed by atoms with Crippen LogP contribution in [-0.2, 0) is 9.84 Å². The van der Waals surface area contributed by atoms with E-state index in [9.17, 15) is 13.5 Å². The number of aliphatic hydroxyl groups excluding tert-OH is 1. The fourth-order valence-corrected chi connectivity index (χ4v) is 3.37. The van der Waals surface area contributed by atoms with E-state index in [0.717, 1.165) is 0 Å². The average molecular weight is 279 g/mol. The Morgan fingerprint density at radius 3 is 1.94 bits per heavy atom. The number of hydrogen-bond acceptors (Lipinski definition) is 4. The van der Waals surface area contributed by atoms with Crippen molar-refractivity contribution in [2.75, 3.05) is 11.5 Å². The minimum absolute atomic E-state index is 0.0344. The fraction of sp³-hybridized carbons (Fsp3) is 1.00. The van der Waals surface area contributed by atoms with Crippen molar-refractivity contribution < 1.29 is 13.5 Å². The van der Waals surface area contributed by atoms with E-state index in [1.807, 2.05) is 27.7 Å². The van der Waals surface area contributed by atoms with Gasteiger partial charge in [0.15, 0.2) is 0 Å². The number of nitrogens with two attached hydrogens (primary N) is 1. The van der Waals surface area contributed by atoms with E-state index in [1.54, 1.807) is 0 Å². The van der Waals surface area contributed by atoms with Gasteiger partial charge in [-0.25, -0.2) is 8.42 Å². The lowest BCUT2D eigenvalue weighted by Gasteiger charge is -2.20. The second kappa shape index (κ2) is 8.12. The van der Waals surface area contributed by atoms with Gasteiger partial charge in [-0.1, -0.05) is 27.7 Å². The zero-order valence-electron chi connectivity index (χ0n) is 12.1. The van der Waals surface area contributed by atoms with Crippen LogP contribution in [0.5, 0.6) is 0 Å². The molecule has 110 valence electrons. The van der Waals surface area contributed by atoms with Gasteiger partial charge in [-0.3, -0.25) is 0 Å². The van der Waals surface area contributed by atoms with Crippen molar-refractivity contribution in [3.63, 3.8) is 0 Å². The molecule has 0 heterocycles. The molecule has 0 aliphatic rings. The first-order valence-corrected chi connectivity index (χ1v) is 8.60. The summed E-state index contributed by atoms with van der Waals surface area (Å²) < 4.78 is 23.5. The first kappa shape index (κ1) is 17.9. The molecule has 0 aliphatic carbocycles. The molecular weight excluding hydrogens is 250 g/mol. The maximum Gasteiger partial charge on any atom is 0.150 e. The normalized spacial score (nSPS) is 16.2. The van der Waals surface area contributed by atoms with E-state index in [0.29, 0.717) is 24.7 Å². The standard InChI is InChI=1S/C13H29NO3S/c1-10(2)5-7-18(16,17)8-6-13(15)12(14)9-11(3)4/h10-13,15H,5-9,14H2,1-4H3/t12-,13-/m0/s1. The largest absolute Gasteiger partial charge is 0.391 e. The lowest BCUT2D eigenvalue weighted by atomic mass is 9.99. The quantitative estimate of drug-likeness (QED) is 0.671. The van der Waals surface area contributed by atoms with Crippen LogP contribution < -0.4 is 5.73 Å².